The second kappa shape index (κ2) is 9.56. The number of nitrogens with one attached hydrogen (secondary N) is 2. The normalized spacial score (nSPS) is 19.0. The van der Waals surface area contributed by atoms with Gasteiger partial charge in [0.05, 0.1) is 0 Å². The van der Waals surface area contributed by atoms with E-state index >= 15 is 0 Å². The second-order valence-electron chi connectivity index (χ2n) is 9.89. The maximum Gasteiger partial charge on any atom is 0.251 e. The highest BCUT2D eigenvalue weighted by molar-refractivity contribution is 5.98. The van der Waals surface area contributed by atoms with Crippen LogP contribution in [0.5, 0.6) is 0 Å². The minimum atomic E-state index is -0.708. The molecule has 3 amide bonds. The molecule has 1 saturated carbocycles. The Morgan fingerprint density at radius 3 is 2.51 bits per heavy atom. The van der Waals surface area contributed by atoms with Crippen molar-refractivity contribution in [1.82, 2.24) is 20.1 Å². The Labute approximate surface area is 205 Å². The van der Waals surface area contributed by atoms with Crippen molar-refractivity contribution in [2.45, 2.75) is 45.2 Å². The number of carbonyl (C=O) groups is 3. The van der Waals surface area contributed by atoms with Gasteiger partial charge in [0.25, 0.3) is 5.91 Å². The first-order chi connectivity index (χ1) is 16.9. The fraction of sp³-hybridized carbons (Fsp3) is 0.393. The van der Waals surface area contributed by atoms with Gasteiger partial charge < -0.3 is 20.1 Å². The summed E-state index contributed by atoms with van der Waals surface area (Å²) in [5.74, 6) is 0.00985. The number of benzene rings is 2. The van der Waals surface area contributed by atoms with Crippen LogP contribution in [0.1, 0.15) is 41.3 Å². The van der Waals surface area contributed by atoms with Crippen LogP contribution in [-0.2, 0) is 16.0 Å². The molecule has 7 nitrogen and oxygen atoms in total. The fourth-order valence-corrected chi connectivity index (χ4v) is 4.94. The van der Waals surface area contributed by atoms with E-state index < -0.39 is 6.04 Å². The SMILES string of the molecule is Cc1ccc(C(=O)NC(Cc2c[nH]c3ccccc23)C(=O)N2CCN(C(=O)C3CC3)C(C)C2)cc1. The molecule has 5 rings (SSSR count). The molecule has 2 aromatic carbocycles. The number of hydrogen-bond acceptors (Lipinski definition) is 3. The maximum atomic E-state index is 13.7. The van der Waals surface area contributed by atoms with Gasteiger partial charge in [-0.1, -0.05) is 35.9 Å². The molecule has 182 valence electrons. The Kier molecular flexibility index (Phi) is 6.32. The molecule has 2 heterocycles. The van der Waals surface area contributed by atoms with Gasteiger partial charge in [-0.3, -0.25) is 14.4 Å². The number of rotatable bonds is 6. The van der Waals surface area contributed by atoms with E-state index in [1.165, 1.54) is 0 Å². The van der Waals surface area contributed by atoms with Gasteiger partial charge in [0.2, 0.25) is 11.8 Å². The van der Waals surface area contributed by atoms with Gasteiger partial charge in [0.15, 0.2) is 0 Å². The number of aryl methyl sites for hydroxylation is 1. The zero-order valence-electron chi connectivity index (χ0n) is 20.3. The molecule has 2 aliphatic rings. The van der Waals surface area contributed by atoms with Crippen molar-refractivity contribution in [3.63, 3.8) is 0 Å². The number of aromatic amines is 1. The van der Waals surface area contributed by atoms with E-state index in [-0.39, 0.29) is 29.7 Å². The quantitative estimate of drug-likeness (QED) is 0.577. The van der Waals surface area contributed by atoms with Gasteiger partial charge in [0, 0.05) is 60.7 Å². The van der Waals surface area contributed by atoms with Crippen molar-refractivity contribution in [2.24, 2.45) is 5.92 Å². The third kappa shape index (κ3) is 4.94. The molecule has 2 fully saturated rings. The van der Waals surface area contributed by atoms with E-state index in [2.05, 4.69) is 10.3 Å². The van der Waals surface area contributed by atoms with E-state index in [1.54, 1.807) is 17.0 Å². The predicted octanol–water partition coefficient (Wildman–Crippen LogP) is 3.29. The van der Waals surface area contributed by atoms with Crippen molar-refractivity contribution in [3.05, 3.63) is 71.4 Å². The lowest BCUT2D eigenvalue weighted by Gasteiger charge is -2.41. The largest absolute Gasteiger partial charge is 0.361 e. The third-order valence-corrected chi connectivity index (χ3v) is 7.16. The molecular formula is C28H32N4O3. The predicted molar refractivity (Wildman–Crippen MR) is 135 cm³/mol. The molecule has 7 heteroatoms. The summed E-state index contributed by atoms with van der Waals surface area (Å²) in [6.07, 6.45) is 4.25. The van der Waals surface area contributed by atoms with E-state index in [0.29, 0.717) is 31.6 Å². The Hall–Kier alpha value is -3.61. The van der Waals surface area contributed by atoms with Crippen LogP contribution in [0.15, 0.2) is 54.7 Å². The number of carbonyl (C=O) groups excluding carboxylic acids is 3. The van der Waals surface area contributed by atoms with Crippen molar-refractivity contribution < 1.29 is 14.4 Å². The first kappa shape index (κ1) is 23.1. The summed E-state index contributed by atoms with van der Waals surface area (Å²) in [6.45, 7) is 5.46. The summed E-state index contributed by atoms with van der Waals surface area (Å²) >= 11 is 0. The number of piperazine rings is 1. The van der Waals surface area contributed by atoms with Crippen LogP contribution in [0.4, 0.5) is 0 Å². The molecule has 0 spiro atoms. The average molecular weight is 473 g/mol. The number of hydrogen-bond donors (Lipinski definition) is 2. The molecular weight excluding hydrogens is 440 g/mol. The smallest absolute Gasteiger partial charge is 0.251 e. The number of aromatic nitrogens is 1. The van der Waals surface area contributed by atoms with Gasteiger partial charge in [-0.25, -0.2) is 0 Å². The zero-order chi connectivity index (χ0) is 24.5. The Morgan fingerprint density at radius 1 is 1.06 bits per heavy atom. The lowest BCUT2D eigenvalue weighted by atomic mass is 10.0. The number of amides is 3. The highest BCUT2D eigenvalue weighted by Crippen LogP contribution is 2.32. The average Bonchev–Trinajstić information content (AvgIpc) is 3.64. The van der Waals surface area contributed by atoms with Crippen molar-refractivity contribution in [3.8, 4) is 0 Å². The minimum Gasteiger partial charge on any atom is -0.361 e. The van der Waals surface area contributed by atoms with Crippen LogP contribution in [0.25, 0.3) is 10.9 Å². The Morgan fingerprint density at radius 2 is 1.80 bits per heavy atom. The van der Waals surface area contributed by atoms with Gasteiger partial charge in [0.1, 0.15) is 6.04 Å². The molecule has 2 unspecified atom stereocenters. The van der Waals surface area contributed by atoms with E-state index in [9.17, 15) is 14.4 Å². The topological polar surface area (TPSA) is 85.5 Å². The first-order valence-electron chi connectivity index (χ1n) is 12.4. The molecule has 0 bridgehead atoms. The zero-order valence-corrected chi connectivity index (χ0v) is 20.3. The summed E-state index contributed by atoms with van der Waals surface area (Å²) in [6, 6.07) is 14.6. The van der Waals surface area contributed by atoms with Crippen LogP contribution in [0, 0.1) is 12.8 Å². The lowest BCUT2D eigenvalue weighted by molar-refractivity contribution is -0.144. The minimum absolute atomic E-state index is 0.0395. The van der Waals surface area contributed by atoms with Crippen LogP contribution in [0.2, 0.25) is 0 Å². The van der Waals surface area contributed by atoms with Crippen LogP contribution < -0.4 is 5.32 Å². The molecule has 0 radical (unpaired) electrons. The number of para-hydroxylation sites is 1. The maximum absolute atomic E-state index is 13.7. The second-order valence-corrected chi connectivity index (χ2v) is 9.89. The number of H-pyrrole nitrogens is 1. The van der Waals surface area contributed by atoms with Crippen LogP contribution in [0.3, 0.4) is 0 Å². The molecule has 1 aliphatic carbocycles. The van der Waals surface area contributed by atoms with Gasteiger partial charge in [-0.2, -0.15) is 0 Å². The molecule has 3 aromatic rings. The molecule has 1 aliphatic heterocycles. The van der Waals surface area contributed by atoms with Crippen molar-refractivity contribution in [2.75, 3.05) is 19.6 Å². The Balaban J connectivity index is 1.35. The first-order valence-corrected chi connectivity index (χ1v) is 12.4. The monoisotopic (exact) mass is 472 g/mol. The summed E-state index contributed by atoms with van der Waals surface area (Å²) in [7, 11) is 0. The molecule has 1 saturated heterocycles. The number of nitrogens with zero attached hydrogens (tertiary/aromatic N) is 2. The van der Waals surface area contributed by atoms with Crippen molar-refractivity contribution >= 4 is 28.6 Å². The van der Waals surface area contributed by atoms with Crippen LogP contribution in [-0.4, -0.2) is 64.2 Å². The van der Waals surface area contributed by atoms with Crippen LogP contribution >= 0.6 is 0 Å². The summed E-state index contributed by atoms with van der Waals surface area (Å²) < 4.78 is 0. The molecule has 1 aromatic heterocycles. The van der Waals surface area contributed by atoms with Gasteiger partial charge in [-0.15, -0.1) is 0 Å². The number of fused-ring (bicyclic) bond motifs is 1. The molecule has 35 heavy (non-hydrogen) atoms. The summed E-state index contributed by atoms with van der Waals surface area (Å²) in [5.41, 5.74) is 3.58. The fourth-order valence-electron chi connectivity index (χ4n) is 4.94. The third-order valence-electron chi connectivity index (χ3n) is 7.16. The Bertz CT molecular complexity index is 1240. The lowest BCUT2D eigenvalue weighted by Crippen LogP contribution is -2.59. The van der Waals surface area contributed by atoms with E-state index in [1.807, 2.05) is 61.3 Å². The summed E-state index contributed by atoms with van der Waals surface area (Å²) in [4.78, 5) is 46.4. The molecule has 2 N–H and O–H groups in total. The highest BCUT2D eigenvalue weighted by Gasteiger charge is 2.39. The van der Waals surface area contributed by atoms with E-state index in [0.717, 1.165) is 34.9 Å². The van der Waals surface area contributed by atoms with Crippen molar-refractivity contribution in [1.29, 1.82) is 0 Å². The van der Waals surface area contributed by atoms with E-state index in [4.69, 9.17) is 0 Å². The standard InChI is InChI=1S/C28H32N4O3/c1-18-7-9-20(10-8-18)26(33)30-25(15-22-16-29-24-6-4-3-5-23(22)24)28(35)31-13-14-32(19(2)17-31)27(34)21-11-12-21/h3-10,16,19,21,25,29H,11-15,17H2,1-2H3,(H,30,33). The van der Waals surface area contributed by atoms with Gasteiger partial charge in [-0.05, 0) is 50.5 Å². The molecule has 2 atom stereocenters. The highest BCUT2D eigenvalue weighted by atomic mass is 16.2. The summed E-state index contributed by atoms with van der Waals surface area (Å²) in [5, 5.41) is 4.05. The van der Waals surface area contributed by atoms with Gasteiger partial charge >= 0.3 is 0 Å².